The number of carbonyl (C=O) groups excluding carboxylic acids is 1. The van der Waals surface area contributed by atoms with Crippen molar-refractivity contribution in [1.29, 1.82) is 0 Å². The molecular weight excluding hydrogens is 262 g/mol. The lowest BCUT2D eigenvalue weighted by Crippen LogP contribution is -2.25. The molecular formula is C18H27NO2. The minimum atomic E-state index is -0.259. The van der Waals surface area contributed by atoms with E-state index in [2.05, 4.69) is 30.9 Å². The van der Waals surface area contributed by atoms with Gasteiger partial charge in [-0.25, -0.2) is 4.79 Å². The van der Waals surface area contributed by atoms with Crippen molar-refractivity contribution in [3.8, 4) is 0 Å². The zero-order valence-corrected chi connectivity index (χ0v) is 13.5. The average molecular weight is 289 g/mol. The topological polar surface area (TPSA) is 29.5 Å². The summed E-state index contributed by atoms with van der Waals surface area (Å²) in [6.45, 7) is 9.89. The first kappa shape index (κ1) is 17.4. The highest BCUT2D eigenvalue weighted by Crippen LogP contribution is 2.08. The van der Waals surface area contributed by atoms with Crippen LogP contribution >= 0.6 is 0 Å². The van der Waals surface area contributed by atoms with Gasteiger partial charge in [0.2, 0.25) is 0 Å². The Morgan fingerprint density at radius 1 is 1.10 bits per heavy atom. The summed E-state index contributed by atoms with van der Waals surface area (Å²) in [4.78, 5) is 14.0. The second kappa shape index (κ2) is 10.2. The Labute approximate surface area is 128 Å². The molecule has 3 heteroatoms. The summed E-state index contributed by atoms with van der Waals surface area (Å²) in [6.07, 6.45) is 6.65. The van der Waals surface area contributed by atoms with E-state index >= 15 is 0 Å². The fourth-order valence-electron chi connectivity index (χ4n) is 2.21. The molecule has 0 unspecified atom stereocenters. The van der Waals surface area contributed by atoms with Crippen LogP contribution in [0.4, 0.5) is 0 Å². The maximum Gasteiger partial charge on any atom is 0.338 e. The van der Waals surface area contributed by atoms with Gasteiger partial charge in [0.05, 0.1) is 12.2 Å². The molecule has 1 rings (SSSR count). The van der Waals surface area contributed by atoms with Crippen molar-refractivity contribution in [3.05, 3.63) is 41.5 Å². The van der Waals surface area contributed by atoms with E-state index in [0.29, 0.717) is 12.2 Å². The van der Waals surface area contributed by atoms with Crippen LogP contribution in [0.2, 0.25) is 0 Å². The van der Waals surface area contributed by atoms with E-state index in [1.165, 1.54) is 12.8 Å². The normalized spacial score (nSPS) is 11.2. The molecule has 3 nitrogen and oxygen atoms in total. The number of benzene rings is 1. The molecule has 0 aliphatic rings. The summed E-state index contributed by atoms with van der Waals surface area (Å²) in [5.74, 6) is -0.259. The number of esters is 1. The van der Waals surface area contributed by atoms with Crippen LogP contribution in [0.25, 0.3) is 6.08 Å². The molecule has 0 heterocycles. The van der Waals surface area contributed by atoms with Gasteiger partial charge in [0.1, 0.15) is 0 Å². The summed E-state index contributed by atoms with van der Waals surface area (Å²) in [6, 6.07) is 7.53. The molecule has 0 radical (unpaired) electrons. The average Bonchev–Trinajstić information content (AvgIpc) is 2.48. The number of hydrogen-bond acceptors (Lipinski definition) is 3. The molecule has 0 spiro atoms. The molecule has 1 aromatic carbocycles. The van der Waals surface area contributed by atoms with E-state index in [0.717, 1.165) is 25.2 Å². The fraction of sp³-hybridized carbons (Fsp3) is 0.500. The number of hydrogen-bond donors (Lipinski definition) is 0. The van der Waals surface area contributed by atoms with Gasteiger partial charge in [0.15, 0.2) is 0 Å². The molecule has 0 saturated heterocycles. The van der Waals surface area contributed by atoms with E-state index in [9.17, 15) is 4.79 Å². The Balaban J connectivity index is 2.54. The lowest BCUT2D eigenvalue weighted by Gasteiger charge is -2.18. The Morgan fingerprint density at radius 3 is 2.24 bits per heavy atom. The van der Waals surface area contributed by atoms with E-state index in [1.54, 1.807) is 0 Å². The van der Waals surface area contributed by atoms with E-state index in [-0.39, 0.29) is 5.97 Å². The minimum Gasteiger partial charge on any atom is -0.462 e. The highest BCUT2D eigenvalue weighted by molar-refractivity contribution is 5.89. The molecule has 0 fully saturated rings. The van der Waals surface area contributed by atoms with Crippen molar-refractivity contribution in [2.24, 2.45) is 0 Å². The maximum absolute atomic E-state index is 11.6. The van der Waals surface area contributed by atoms with Gasteiger partial charge in [0, 0.05) is 6.54 Å². The van der Waals surface area contributed by atoms with Crippen molar-refractivity contribution in [1.82, 2.24) is 4.90 Å². The van der Waals surface area contributed by atoms with Crippen LogP contribution in [0.3, 0.4) is 0 Å². The van der Waals surface area contributed by atoms with Gasteiger partial charge in [-0.1, -0.05) is 38.1 Å². The number of nitrogens with zero attached hydrogens (tertiary/aromatic N) is 1. The number of carbonyl (C=O) groups is 1. The standard InChI is InChI=1S/C18H27NO2/c1-4-13-19(14-5-2)15-7-8-16-9-11-17(12-10-16)18(20)21-6-3/h7-12H,4-6,13-15H2,1-3H3/b8-7+. The van der Waals surface area contributed by atoms with Gasteiger partial charge in [-0.3, -0.25) is 4.90 Å². The zero-order chi connectivity index (χ0) is 15.5. The highest BCUT2D eigenvalue weighted by Gasteiger charge is 2.04. The molecule has 21 heavy (non-hydrogen) atoms. The Bertz CT molecular complexity index is 431. The monoisotopic (exact) mass is 289 g/mol. The van der Waals surface area contributed by atoms with Gasteiger partial charge < -0.3 is 4.74 Å². The summed E-state index contributed by atoms with van der Waals surface area (Å²) in [5.41, 5.74) is 1.71. The highest BCUT2D eigenvalue weighted by atomic mass is 16.5. The van der Waals surface area contributed by atoms with Crippen molar-refractivity contribution in [2.75, 3.05) is 26.2 Å². The first-order valence-electron chi connectivity index (χ1n) is 7.87. The van der Waals surface area contributed by atoms with Crippen LogP contribution in [0.15, 0.2) is 30.3 Å². The summed E-state index contributed by atoms with van der Waals surface area (Å²) >= 11 is 0. The van der Waals surface area contributed by atoms with E-state index in [4.69, 9.17) is 4.74 Å². The second-order valence-electron chi connectivity index (χ2n) is 5.05. The van der Waals surface area contributed by atoms with Crippen LogP contribution in [0.5, 0.6) is 0 Å². The first-order chi connectivity index (χ1) is 10.2. The summed E-state index contributed by atoms with van der Waals surface area (Å²) in [5, 5.41) is 0. The van der Waals surface area contributed by atoms with Crippen molar-refractivity contribution in [2.45, 2.75) is 33.6 Å². The van der Waals surface area contributed by atoms with Crippen molar-refractivity contribution >= 4 is 12.0 Å². The molecule has 0 aromatic heterocycles. The largest absolute Gasteiger partial charge is 0.462 e. The van der Waals surface area contributed by atoms with Gasteiger partial charge >= 0.3 is 5.97 Å². The fourth-order valence-corrected chi connectivity index (χ4v) is 2.21. The van der Waals surface area contributed by atoms with E-state index < -0.39 is 0 Å². The van der Waals surface area contributed by atoms with Crippen LogP contribution in [-0.2, 0) is 4.74 Å². The predicted octanol–water partition coefficient (Wildman–Crippen LogP) is 4.00. The Morgan fingerprint density at radius 2 is 1.71 bits per heavy atom. The number of rotatable bonds is 9. The smallest absolute Gasteiger partial charge is 0.338 e. The third-order valence-electron chi connectivity index (χ3n) is 3.18. The van der Waals surface area contributed by atoms with Crippen LogP contribution in [-0.4, -0.2) is 37.1 Å². The second-order valence-corrected chi connectivity index (χ2v) is 5.05. The zero-order valence-electron chi connectivity index (χ0n) is 13.5. The van der Waals surface area contributed by atoms with Crippen LogP contribution in [0, 0.1) is 0 Å². The van der Waals surface area contributed by atoms with Gasteiger partial charge in [0.25, 0.3) is 0 Å². The quantitative estimate of drug-likeness (QED) is 0.644. The molecule has 0 bridgehead atoms. The molecule has 0 N–H and O–H groups in total. The van der Waals surface area contributed by atoms with Crippen molar-refractivity contribution in [3.63, 3.8) is 0 Å². The SMILES string of the molecule is CCCN(C/C=C/c1ccc(C(=O)OCC)cc1)CCC. The maximum atomic E-state index is 11.6. The summed E-state index contributed by atoms with van der Waals surface area (Å²) in [7, 11) is 0. The third kappa shape index (κ3) is 6.58. The lowest BCUT2D eigenvalue weighted by molar-refractivity contribution is 0.0526. The molecule has 0 saturated carbocycles. The Hall–Kier alpha value is -1.61. The van der Waals surface area contributed by atoms with Gasteiger partial charge in [-0.05, 0) is 50.6 Å². The van der Waals surface area contributed by atoms with Gasteiger partial charge in [-0.15, -0.1) is 0 Å². The lowest BCUT2D eigenvalue weighted by atomic mass is 10.1. The molecule has 0 amide bonds. The van der Waals surface area contributed by atoms with Crippen LogP contribution in [0.1, 0.15) is 49.5 Å². The minimum absolute atomic E-state index is 0.259. The molecule has 0 aliphatic heterocycles. The molecule has 0 atom stereocenters. The molecule has 116 valence electrons. The van der Waals surface area contributed by atoms with E-state index in [1.807, 2.05) is 31.2 Å². The summed E-state index contributed by atoms with van der Waals surface area (Å²) < 4.78 is 4.97. The van der Waals surface area contributed by atoms with Gasteiger partial charge in [-0.2, -0.15) is 0 Å². The first-order valence-corrected chi connectivity index (χ1v) is 7.87. The molecule has 0 aliphatic carbocycles. The molecule has 1 aromatic rings. The third-order valence-corrected chi connectivity index (χ3v) is 3.18. The van der Waals surface area contributed by atoms with Crippen LogP contribution < -0.4 is 0 Å². The van der Waals surface area contributed by atoms with Crippen molar-refractivity contribution < 1.29 is 9.53 Å². The number of ether oxygens (including phenoxy) is 1. The predicted molar refractivity (Wildman–Crippen MR) is 88.5 cm³/mol. The Kier molecular flexibility index (Phi) is 8.44.